The van der Waals surface area contributed by atoms with Crippen LogP contribution in [-0.4, -0.2) is 49.8 Å². The van der Waals surface area contributed by atoms with Gasteiger partial charge in [0.05, 0.1) is 13.2 Å². The number of piperidine rings is 1. The van der Waals surface area contributed by atoms with Gasteiger partial charge in [0.25, 0.3) is 0 Å². The van der Waals surface area contributed by atoms with Crippen LogP contribution < -0.4 is 10.1 Å². The lowest BCUT2D eigenvalue weighted by Gasteiger charge is -2.33. The molecule has 0 aromatic heterocycles. The molecule has 2 fully saturated rings. The van der Waals surface area contributed by atoms with Crippen LogP contribution in [0.4, 0.5) is 4.39 Å². The van der Waals surface area contributed by atoms with Crippen molar-refractivity contribution < 1.29 is 13.9 Å². The Bertz CT molecular complexity index is 550. The Morgan fingerprint density at radius 1 is 1.33 bits per heavy atom. The van der Waals surface area contributed by atoms with Gasteiger partial charge >= 0.3 is 0 Å². The summed E-state index contributed by atoms with van der Waals surface area (Å²) in [7, 11) is 1.70. The number of carbonyl (C=O) groups is 1. The molecule has 6 heteroatoms. The molecule has 1 N–H and O–H groups in total. The SMILES string of the molecule is COc1ccccc1CC1CCN(C(=O)[C@H]2C[C@H](F)CN2)CC1.Cl. The van der Waals surface area contributed by atoms with E-state index in [0.717, 1.165) is 38.1 Å². The first-order valence-corrected chi connectivity index (χ1v) is 8.45. The number of hydrogen-bond acceptors (Lipinski definition) is 3. The summed E-state index contributed by atoms with van der Waals surface area (Å²) in [5, 5.41) is 2.99. The van der Waals surface area contributed by atoms with E-state index < -0.39 is 6.17 Å². The lowest BCUT2D eigenvalue weighted by Crippen LogP contribution is -2.47. The summed E-state index contributed by atoms with van der Waals surface area (Å²) in [5.41, 5.74) is 1.23. The third kappa shape index (κ3) is 4.39. The van der Waals surface area contributed by atoms with Crippen molar-refractivity contribution in [2.24, 2.45) is 5.92 Å². The van der Waals surface area contributed by atoms with Crippen LogP contribution in [0.25, 0.3) is 0 Å². The molecule has 2 atom stereocenters. The van der Waals surface area contributed by atoms with Gasteiger partial charge in [-0.25, -0.2) is 4.39 Å². The molecule has 0 spiro atoms. The van der Waals surface area contributed by atoms with Gasteiger partial charge in [0.15, 0.2) is 0 Å². The number of hydrogen-bond donors (Lipinski definition) is 1. The highest BCUT2D eigenvalue weighted by molar-refractivity contribution is 5.85. The van der Waals surface area contributed by atoms with Gasteiger partial charge in [-0.05, 0) is 36.8 Å². The number of amides is 1. The normalized spacial score (nSPS) is 24.5. The maximum absolute atomic E-state index is 13.2. The fourth-order valence-corrected chi connectivity index (χ4v) is 3.64. The van der Waals surface area contributed by atoms with E-state index in [0.29, 0.717) is 18.9 Å². The Morgan fingerprint density at radius 2 is 2.04 bits per heavy atom. The van der Waals surface area contributed by atoms with Crippen molar-refractivity contribution in [3.05, 3.63) is 29.8 Å². The Hall–Kier alpha value is -1.33. The molecular formula is C18H26ClFN2O2. The van der Waals surface area contributed by atoms with Crippen molar-refractivity contribution in [1.82, 2.24) is 10.2 Å². The van der Waals surface area contributed by atoms with E-state index >= 15 is 0 Å². The Labute approximate surface area is 149 Å². The number of likely N-dealkylation sites (tertiary alicyclic amines) is 1. The molecule has 1 aromatic carbocycles. The summed E-state index contributed by atoms with van der Waals surface area (Å²) in [6.07, 6.45) is 2.41. The van der Waals surface area contributed by atoms with E-state index in [-0.39, 0.29) is 24.4 Å². The maximum atomic E-state index is 13.2. The Morgan fingerprint density at radius 3 is 2.67 bits per heavy atom. The van der Waals surface area contributed by atoms with Crippen molar-refractivity contribution in [3.63, 3.8) is 0 Å². The average molecular weight is 357 g/mol. The van der Waals surface area contributed by atoms with Crippen molar-refractivity contribution in [2.45, 2.75) is 37.9 Å². The molecule has 0 bridgehead atoms. The highest BCUT2D eigenvalue weighted by atomic mass is 35.5. The van der Waals surface area contributed by atoms with Crippen LogP contribution >= 0.6 is 12.4 Å². The number of nitrogens with one attached hydrogen (secondary N) is 1. The molecule has 0 radical (unpaired) electrons. The lowest BCUT2D eigenvalue weighted by molar-refractivity contribution is -0.134. The van der Waals surface area contributed by atoms with Gasteiger partial charge in [-0.1, -0.05) is 18.2 Å². The zero-order valence-corrected chi connectivity index (χ0v) is 14.9. The monoisotopic (exact) mass is 356 g/mol. The second-order valence-corrected chi connectivity index (χ2v) is 6.58. The third-order valence-corrected chi connectivity index (χ3v) is 5.00. The Balaban J connectivity index is 0.00000208. The third-order valence-electron chi connectivity index (χ3n) is 5.00. The number of nitrogens with zero attached hydrogens (tertiary/aromatic N) is 1. The average Bonchev–Trinajstić information content (AvgIpc) is 3.02. The van der Waals surface area contributed by atoms with Gasteiger partial charge in [-0.2, -0.15) is 0 Å². The van der Waals surface area contributed by atoms with Crippen molar-refractivity contribution in [3.8, 4) is 5.75 Å². The molecule has 24 heavy (non-hydrogen) atoms. The molecule has 4 nitrogen and oxygen atoms in total. The molecule has 2 aliphatic heterocycles. The standard InChI is InChI=1S/C18H25FN2O2.ClH/c1-23-17-5-3-2-4-14(17)10-13-6-8-21(9-7-13)18(22)16-11-15(19)12-20-16;/h2-5,13,15-16,20H,6-12H2,1H3;1H/t15-,16+;/m0./s1. The van der Waals surface area contributed by atoms with Crippen LogP contribution in [0.3, 0.4) is 0 Å². The lowest BCUT2D eigenvalue weighted by atomic mass is 9.89. The van der Waals surface area contributed by atoms with Crippen LogP contribution in [0.5, 0.6) is 5.75 Å². The maximum Gasteiger partial charge on any atom is 0.239 e. The predicted molar refractivity (Wildman–Crippen MR) is 94.6 cm³/mol. The fourth-order valence-electron chi connectivity index (χ4n) is 3.64. The van der Waals surface area contributed by atoms with Gasteiger partial charge < -0.3 is 15.0 Å². The minimum absolute atomic E-state index is 0. The van der Waals surface area contributed by atoms with Crippen LogP contribution in [-0.2, 0) is 11.2 Å². The van der Waals surface area contributed by atoms with Crippen LogP contribution in [0.2, 0.25) is 0 Å². The minimum Gasteiger partial charge on any atom is -0.496 e. The molecule has 0 unspecified atom stereocenters. The van der Waals surface area contributed by atoms with Gasteiger partial charge in [-0.3, -0.25) is 4.79 Å². The Kier molecular flexibility index (Phi) is 6.87. The van der Waals surface area contributed by atoms with Gasteiger partial charge in [0, 0.05) is 26.1 Å². The van der Waals surface area contributed by atoms with Crippen molar-refractivity contribution >= 4 is 18.3 Å². The van der Waals surface area contributed by atoms with Crippen LogP contribution in [0.1, 0.15) is 24.8 Å². The second-order valence-electron chi connectivity index (χ2n) is 6.58. The van der Waals surface area contributed by atoms with Crippen LogP contribution in [0, 0.1) is 5.92 Å². The number of methoxy groups -OCH3 is 1. The zero-order chi connectivity index (χ0) is 16.2. The molecule has 0 aliphatic carbocycles. The highest BCUT2D eigenvalue weighted by Gasteiger charge is 2.33. The summed E-state index contributed by atoms with van der Waals surface area (Å²) in [6, 6.07) is 7.80. The fraction of sp³-hybridized carbons (Fsp3) is 0.611. The quantitative estimate of drug-likeness (QED) is 0.901. The second kappa shape index (κ2) is 8.67. The molecule has 2 saturated heterocycles. The molecule has 2 heterocycles. The molecule has 134 valence electrons. The number of halogens is 2. The first-order chi connectivity index (χ1) is 11.2. The zero-order valence-electron chi connectivity index (χ0n) is 14.0. The summed E-state index contributed by atoms with van der Waals surface area (Å²) >= 11 is 0. The van der Waals surface area contributed by atoms with Gasteiger partial charge in [0.1, 0.15) is 11.9 Å². The van der Waals surface area contributed by atoms with E-state index in [1.807, 2.05) is 23.1 Å². The van der Waals surface area contributed by atoms with E-state index in [2.05, 4.69) is 11.4 Å². The van der Waals surface area contributed by atoms with E-state index in [4.69, 9.17) is 4.74 Å². The highest BCUT2D eigenvalue weighted by Crippen LogP contribution is 2.27. The molecule has 3 rings (SSSR count). The van der Waals surface area contributed by atoms with Crippen LogP contribution in [0.15, 0.2) is 24.3 Å². The number of ether oxygens (including phenoxy) is 1. The van der Waals surface area contributed by atoms with E-state index in [1.165, 1.54) is 5.56 Å². The minimum atomic E-state index is -0.882. The van der Waals surface area contributed by atoms with Gasteiger partial charge in [-0.15, -0.1) is 12.4 Å². The smallest absolute Gasteiger partial charge is 0.239 e. The van der Waals surface area contributed by atoms with E-state index in [9.17, 15) is 9.18 Å². The summed E-state index contributed by atoms with van der Waals surface area (Å²) < 4.78 is 18.6. The summed E-state index contributed by atoms with van der Waals surface area (Å²) in [5.74, 6) is 1.58. The molecule has 0 saturated carbocycles. The summed E-state index contributed by atoms with van der Waals surface area (Å²) in [4.78, 5) is 14.3. The number of rotatable bonds is 4. The molecule has 1 aromatic rings. The first kappa shape index (κ1) is 19.0. The predicted octanol–water partition coefficient (Wildman–Crippen LogP) is 2.60. The number of benzene rings is 1. The number of carbonyl (C=O) groups excluding carboxylic acids is 1. The summed E-state index contributed by atoms with van der Waals surface area (Å²) in [6.45, 7) is 1.85. The van der Waals surface area contributed by atoms with Gasteiger partial charge in [0.2, 0.25) is 5.91 Å². The topological polar surface area (TPSA) is 41.6 Å². The van der Waals surface area contributed by atoms with Crippen molar-refractivity contribution in [2.75, 3.05) is 26.7 Å². The van der Waals surface area contributed by atoms with E-state index in [1.54, 1.807) is 7.11 Å². The number of para-hydroxylation sites is 1. The largest absolute Gasteiger partial charge is 0.496 e. The molecule has 2 aliphatic rings. The first-order valence-electron chi connectivity index (χ1n) is 8.45. The van der Waals surface area contributed by atoms with Crippen molar-refractivity contribution in [1.29, 1.82) is 0 Å². The molecular weight excluding hydrogens is 331 g/mol. The molecule has 1 amide bonds. The number of alkyl halides is 1.